The molecule has 0 aromatic heterocycles. The Balaban J connectivity index is 0. The first-order chi connectivity index (χ1) is 15.7. The maximum Gasteiger partial charge on any atom is 0.320 e. The lowest BCUT2D eigenvalue weighted by molar-refractivity contribution is -0.144. The predicted molar refractivity (Wildman–Crippen MR) is 124 cm³/mol. The summed E-state index contributed by atoms with van der Waals surface area (Å²) in [6, 6.07) is -0.600. The van der Waals surface area contributed by atoms with Crippen LogP contribution in [-0.2, 0) is 19.2 Å². The normalized spacial score (nSPS) is 18.2. The van der Waals surface area contributed by atoms with Crippen LogP contribution in [0.1, 0.15) is 34.1 Å². The van der Waals surface area contributed by atoms with Gasteiger partial charge in [0.2, 0.25) is 0 Å². The van der Waals surface area contributed by atoms with E-state index in [9.17, 15) is 24.6 Å². The Morgan fingerprint density at radius 3 is 1.39 bits per heavy atom. The molecule has 12 heteroatoms. The molecule has 0 radical (unpaired) electrons. The summed E-state index contributed by atoms with van der Waals surface area (Å²) >= 11 is 0. The first-order valence-electron chi connectivity index (χ1n) is 11.3. The average Bonchev–Trinajstić information content (AvgIpc) is 2.75. The molecule has 1 saturated heterocycles. The molecule has 33 heavy (non-hydrogen) atoms. The number of rotatable bonds is 8. The molecule has 0 bridgehead atoms. The number of carboxylic acids is 3. The van der Waals surface area contributed by atoms with E-state index in [1.54, 1.807) is 4.90 Å². The van der Waals surface area contributed by atoms with Crippen LogP contribution in [0.25, 0.3) is 0 Å². The smallest absolute Gasteiger partial charge is 0.320 e. The van der Waals surface area contributed by atoms with Gasteiger partial charge in [0.1, 0.15) is 6.04 Å². The number of likely N-dealkylation sites (N-methyl/N-ethyl adjacent to an activating group) is 1. The van der Waals surface area contributed by atoms with Gasteiger partial charge in [-0.15, -0.1) is 0 Å². The average molecular weight is 479 g/mol. The second-order valence-corrected chi connectivity index (χ2v) is 7.18. The van der Waals surface area contributed by atoms with E-state index in [0.29, 0.717) is 58.8 Å². The Kier molecular flexibility index (Phi) is 20.3. The van der Waals surface area contributed by atoms with Gasteiger partial charge >= 0.3 is 17.9 Å². The number of nitrogens with zero attached hydrogens (tertiary/aromatic N) is 4. The molecular weight excluding hydrogens is 436 g/mol. The molecule has 0 aromatic rings. The van der Waals surface area contributed by atoms with Crippen molar-refractivity contribution in [3.05, 3.63) is 0 Å². The minimum atomic E-state index is -0.953. The standard InChI is InChI=1S/C18H34N4O6.C2H6.CH2O2/c1-3-15(18(27)28)22-11-9-19(4-2)5-6-20(13-16(23)24)7-8-21(10-12-22)14-17(25)26;1-2;2-1-3/h15H,3-14H2,1-2H3,(H,23,24)(H,25,26)(H,27,28);1-2H3;1H,(H,2,3). The Bertz CT molecular complexity index is 564. The summed E-state index contributed by atoms with van der Waals surface area (Å²) in [6.45, 7) is 12.4. The lowest BCUT2D eigenvalue weighted by Crippen LogP contribution is -2.51. The lowest BCUT2D eigenvalue weighted by atomic mass is 10.2. The van der Waals surface area contributed by atoms with Crippen molar-refractivity contribution < 1.29 is 39.6 Å². The molecule has 1 rings (SSSR count). The minimum Gasteiger partial charge on any atom is -0.483 e. The van der Waals surface area contributed by atoms with E-state index in [0.717, 1.165) is 6.54 Å². The Morgan fingerprint density at radius 1 is 0.758 bits per heavy atom. The van der Waals surface area contributed by atoms with Crippen LogP contribution in [0.4, 0.5) is 0 Å². The Morgan fingerprint density at radius 2 is 1.09 bits per heavy atom. The summed E-state index contributed by atoms with van der Waals surface area (Å²) in [7, 11) is 0. The van der Waals surface area contributed by atoms with Gasteiger partial charge in [-0.25, -0.2) is 0 Å². The van der Waals surface area contributed by atoms with Crippen molar-refractivity contribution in [2.45, 2.75) is 40.2 Å². The van der Waals surface area contributed by atoms with Crippen molar-refractivity contribution in [3.8, 4) is 0 Å². The predicted octanol–water partition coefficient (Wildman–Crippen LogP) is -0.0127. The number of aliphatic carboxylic acids is 3. The molecule has 0 aliphatic carbocycles. The molecule has 194 valence electrons. The van der Waals surface area contributed by atoms with Crippen molar-refractivity contribution in [2.75, 3.05) is 72.0 Å². The first kappa shape index (κ1) is 32.9. The molecule has 0 aromatic carbocycles. The molecule has 1 heterocycles. The van der Waals surface area contributed by atoms with E-state index < -0.39 is 23.9 Å². The van der Waals surface area contributed by atoms with Gasteiger partial charge in [-0.3, -0.25) is 33.9 Å². The largest absolute Gasteiger partial charge is 0.483 e. The zero-order chi connectivity index (χ0) is 25.8. The second-order valence-electron chi connectivity index (χ2n) is 7.18. The molecule has 1 unspecified atom stereocenters. The van der Waals surface area contributed by atoms with Crippen LogP contribution >= 0.6 is 0 Å². The minimum absolute atomic E-state index is 0.0818. The summed E-state index contributed by atoms with van der Waals surface area (Å²) < 4.78 is 0. The van der Waals surface area contributed by atoms with Gasteiger partial charge in [0.15, 0.2) is 0 Å². The molecule has 0 saturated carbocycles. The van der Waals surface area contributed by atoms with Crippen molar-refractivity contribution in [1.29, 1.82) is 0 Å². The van der Waals surface area contributed by atoms with E-state index in [-0.39, 0.29) is 19.6 Å². The molecule has 4 N–H and O–H groups in total. The zero-order valence-corrected chi connectivity index (χ0v) is 20.4. The monoisotopic (exact) mass is 478 g/mol. The SMILES string of the molecule is CC.CCC(C(=O)O)N1CCN(CC)CCN(CC(=O)O)CCN(CC(=O)O)CC1.O=CO. The third-order valence-corrected chi connectivity index (χ3v) is 5.15. The van der Waals surface area contributed by atoms with Crippen LogP contribution in [-0.4, -0.2) is 142 Å². The van der Waals surface area contributed by atoms with E-state index >= 15 is 0 Å². The first-order valence-corrected chi connectivity index (χ1v) is 11.3. The fourth-order valence-electron chi connectivity index (χ4n) is 3.47. The van der Waals surface area contributed by atoms with Crippen molar-refractivity contribution in [3.63, 3.8) is 0 Å². The second kappa shape index (κ2) is 20.3. The summed E-state index contributed by atoms with van der Waals surface area (Å²) in [5.41, 5.74) is 0. The summed E-state index contributed by atoms with van der Waals surface area (Å²) in [5, 5.41) is 34.7. The van der Waals surface area contributed by atoms with E-state index in [4.69, 9.17) is 15.0 Å². The molecule has 1 aliphatic heterocycles. The van der Waals surface area contributed by atoms with Crippen molar-refractivity contribution in [1.82, 2.24) is 19.6 Å². The van der Waals surface area contributed by atoms with E-state index in [1.165, 1.54) is 0 Å². The highest BCUT2D eigenvalue weighted by Crippen LogP contribution is 2.07. The molecule has 1 atom stereocenters. The topological polar surface area (TPSA) is 162 Å². The zero-order valence-electron chi connectivity index (χ0n) is 20.4. The van der Waals surface area contributed by atoms with Gasteiger partial charge in [0, 0.05) is 52.4 Å². The molecule has 0 spiro atoms. The Hall–Kier alpha value is -2.28. The lowest BCUT2D eigenvalue weighted by Gasteiger charge is -2.35. The van der Waals surface area contributed by atoms with Crippen LogP contribution in [0.3, 0.4) is 0 Å². The molecule has 12 nitrogen and oxygen atoms in total. The number of carboxylic acid groups (broad SMARTS) is 4. The number of hydrogen-bond donors (Lipinski definition) is 4. The van der Waals surface area contributed by atoms with Crippen LogP contribution < -0.4 is 0 Å². The van der Waals surface area contributed by atoms with Gasteiger partial charge in [-0.2, -0.15) is 0 Å². The fourth-order valence-corrected chi connectivity index (χ4v) is 3.47. The van der Waals surface area contributed by atoms with Crippen LogP contribution in [0.15, 0.2) is 0 Å². The van der Waals surface area contributed by atoms with Gasteiger partial charge in [0.05, 0.1) is 13.1 Å². The van der Waals surface area contributed by atoms with Gasteiger partial charge in [-0.05, 0) is 13.0 Å². The molecule has 1 fully saturated rings. The van der Waals surface area contributed by atoms with Crippen LogP contribution in [0.5, 0.6) is 0 Å². The summed E-state index contributed by atoms with van der Waals surface area (Å²) in [5.74, 6) is -2.72. The summed E-state index contributed by atoms with van der Waals surface area (Å²) in [6.07, 6.45) is 0.479. The third-order valence-electron chi connectivity index (χ3n) is 5.15. The van der Waals surface area contributed by atoms with Crippen LogP contribution in [0, 0.1) is 0 Å². The maximum absolute atomic E-state index is 11.6. The molecule has 0 amide bonds. The number of hydrogen-bond acceptors (Lipinski definition) is 8. The fraction of sp³-hybridized carbons (Fsp3) is 0.810. The van der Waals surface area contributed by atoms with Gasteiger partial charge < -0.3 is 25.3 Å². The third kappa shape index (κ3) is 16.1. The molecular formula is C21H42N4O8. The Labute approximate surface area is 196 Å². The highest BCUT2D eigenvalue weighted by Gasteiger charge is 2.25. The van der Waals surface area contributed by atoms with Gasteiger partial charge in [-0.1, -0.05) is 27.7 Å². The van der Waals surface area contributed by atoms with E-state index in [2.05, 4.69) is 4.90 Å². The maximum atomic E-state index is 11.6. The molecule has 1 aliphatic rings. The number of carbonyl (C=O) groups is 4. The van der Waals surface area contributed by atoms with E-state index in [1.807, 2.05) is 37.5 Å². The highest BCUT2D eigenvalue weighted by molar-refractivity contribution is 5.73. The van der Waals surface area contributed by atoms with Crippen LogP contribution in [0.2, 0.25) is 0 Å². The van der Waals surface area contributed by atoms with Crippen molar-refractivity contribution >= 4 is 24.4 Å². The highest BCUT2D eigenvalue weighted by atomic mass is 16.4. The summed E-state index contributed by atoms with van der Waals surface area (Å²) in [4.78, 5) is 50.0. The quantitative estimate of drug-likeness (QED) is 0.346. The van der Waals surface area contributed by atoms with Gasteiger partial charge in [0.25, 0.3) is 6.47 Å². The van der Waals surface area contributed by atoms with Crippen molar-refractivity contribution in [2.24, 2.45) is 0 Å².